The topological polar surface area (TPSA) is 23.8 Å². The van der Waals surface area contributed by atoms with E-state index in [1.54, 1.807) is 0 Å². The molecule has 0 amide bonds. The fourth-order valence-corrected chi connectivity index (χ4v) is 1.15. The van der Waals surface area contributed by atoms with Gasteiger partial charge in [0.15, 0.2) is 0 Å². The number of nitriles is 1. The maximum absolute atomic E-state index is 12.2. The van der Waals surface area contributed by atoms with Gasteiger partial charge in [-0.1, -0.05) is 6.07 Å². The molecular formula is C8H4F3NS. The standard InChI is InChI=1S/C8H4F3NS/c9-8(10,11)6-2-1-3-7(13)5(6)4-12/h1-3,13H. The van der Waals surface area contributed by atoms with Crippen LogP contribution in [-0.4, -0.2) is 0 Å². The third kappa shape index (κ3) is 1.95. The van der Waals surface area contributed by atoms with Gasteiger partial charge in [-0.25, -0.2) is 0 Å². The van der Waals surface area contributed by atoms with Crippen molar-refractivity contribution in [1.29, 1.82) is 5.26 Å². The molecule has 0 aromatic heterocycles. The first-order chi connectivity index (χ1) is 5.96. The first kappa shape index (κ1) is 9.93. The number of benzene rings is 1. The van der Waals surface area contributed by atoms with E-state index in [0.29, 0.717) is 0 Å². The predicted molar refractivity (Wildman–Crippen MR) is 43.4 cm³/mol. The number of nitrogens with zero attached hydrogens (tertiary/aromatic N) is 1. The number of hydrogen-bond acceptors (Lipinski definition) is 2. The lowest BCUT2D eigenvalue weighted by Gasteiger charge is -2.08. The summed E-state index contributed by atoms with van der Waals surface area (Å²) >= 11 is 3.76. The van der Waals surface area contributed by atoms with Gasteiger partial charge < -0.3 is 0 Å². The highest BCUT2D eigenvalue weighted by Crippen LogP contribution is 2.33. The van der Waals surface area contributed by atoms with Crippen molar-refractivity contribution in [2.45, 2.75) is 11.1 Å². The molecule has 0 saturated heterocycles. The fraction of sp³-hybridized carbons (Fsp3) is 0.125. The van der Waals surface area contributed by atoms with Gasteiger partial charge in [-0.3, -0.25) is 0 Å². The molecule has 0 radical (unpaired) electrons. The lowest BCUT2D eigenvalue weighted by atomic mass is 10.1. The minimum absolute atomic E-state index is 0.0392. The molecule has 68 valence electrons. The summed E-state index contributed by atoms with van der Waals surface area (Å²) in [4.78, 5) is 0.0392. The molecule has 0 saturated carbocycles. The molecule has 0 N–H and O–H groups in total. The summed E-state index contributed by atoms with van der Waals surface area (Å²) in [7, 11) is 0. The number of thiol groups is 1. The van der Waals surface area contributed by atoms with Crippen molar-refractivity contribution in [3.05, 3.63) is 29.3 Å². The van der Waals surface area contributed by atoms with Gasteiger partial charge in [0, 0.05) is 4.90 Å². The van der Waals surface area contributed by atoms with Crippen LogP contribution in [0.1, 0.15) is 11.1 Å². The summed E-state index contributed by atoms with van der Waals surface area (Å²) in [5, 5.41) is 8.46. The van der Waals surface area contributed by atoms with Crippen LogP contribution in [0, 0.1) is 11.3 Å². The molecule has 1 aromatic rings. The number of halogens is 3. The second-order valence-corrected chi connectivity index (χ2v) is 2.79. The molecule has 0 unspecified atom stereocenters. The van der Waals surface area contributed by atoms with Crippen molar-refractivity contribution in [3.63, 3.8) is 0 Å². The SMILES string of the molecule is N#Cc1c(S)cccc1C(F)(F)F. The van der Waals surface area contributed by atoms with E-state index >= 15 is 0 Å². The molecule has 0 aliphatic rings. The van der Waals surface area contributed by atoms with Crippen molar-refractivity contribution in [2.24, 2.45) is 0 Å². The largest absolute Gasteiger partial charge is 0.417 e. The van der Waals surface area contributed by atoms with Gasteiger partial charge in [0.05, 0.1) is 11.1 Å². The molecule has 1 nitrogen and oxygen atoms in total. The molecule has 0 fully saturated rings. The van der Waals surface area contributed by atoms with Crippen molar-refractivity contribution in [3.8, 4) is 6.07 Å². The quantitative estimate of drug-likeness (QED) is 0.644. The number of alkyl halides is 3. The van der Waals surface area contributed by atoms with Crippen LogP contribution in [0.4, 0.5) is 13.2 Å². The van der Waals surface area contributed by atoms with Crippen molar-refractivity contribution >= 4 is 12.6 Å². The van der Waals surface area contributed by atoms with Crippen molar-refractivity contribution < 1.29 is 13.2 Å². The van der Waals surface area contributed by atoms with Gasteiger partial charge in [0.2, 0.25) is 0 Å². The Morgan fingerprint density at radius 1 is 1.31 bits per heavy atom. The molecule has 1 rings (SSSR count). The van der Waals surface area contributed by atoms with Gasteiger partial charge >= 0.3 is 6.18 Å². The Kier molecular flexibility index (Phi) is 2.52. The van der Waals surface area contributed by atoms with E-state index in [9.17, 15) is 13.2 Å². The van der Waals surface area contributed by atoms with Crippen LogP contribution in [-0.2, 0) is 6.18 Å². The molecular weight excluding hydrogens is 199 g/mol. The summed E-state index contributed by atoms with van der Waals surface area (Å²) in [5.41, 5.74) is -1.37. The smallest absolute Gasteiger partial charge is 0.192 e. The minimum atomic E-state index is -4.50. The van der Waals surface area contributed by atoms with E-state index in [-0.39, 0.29) is 4.90 Å². The van der Waals surface area contributed by atoms with Gasteiger partial charge in [0.1, 0.15) is 6.07 Å². The summed E-state index contributed by atoms with van der Waals surface area (Å²) in [6.07, 6.45) is -4.50. The van der Waals surface area contributed by atoms with Crippen LogP contribution >= 0.6 is 12.6 Å². The maximum atomic E-state index is 12.2. The minimum Gasteiger partial charge on any atom is -0.192 e. The Morgan fingerprint density at radius 2 is 1.92 bits per heavy atom. The van der Waals surface area contributed by atoms with Crippen LogP contribution in [0.3, 0.4) is 0 Å². The average Bonchev–Trinajstić information content (AvgIpc) is 2.02. The van der Waals surface area contributed by atoms with E-state index in [2.05, 4.69) is 12.6 Å². The van der Waals surface area contributed by atoms with E-state index in [0.717, 1.165) is 6.07 Å². The van der Waals surface area contributed by atoms with Crippen LogP contribution < -0.4 is 0 Å². The Bertz CT molecular complexity index is 365. The summed E-state index contributed by atoms with van der Waals surface area (Å²) < 4.78 is 36.7. The Balaban J connectivity index is 3.40. The van der Waals surface area contributed by atoms with Gasteiger partial charge in [-0.2, -0.15) is 18.4 Å². The Morgan fingerprint density at radius 3 is 2.31 bits per heavy atom. The summed E-state index contributed by atoms with van der Waals surface area (Å²) in [5.74, 6) is 0. The van der Waals surface area contributed by atoms with E-state index in [1.165, 1.54) is 18.2 Å². The zero-order valence-corrected chi connectivity index (χ0v) is 7.15. The fourth-order valence-electron chi connectivity index (χ4n) is 0.894. The summed E-state index contributed by atoms with van der Waals surface area (Å²) in [6, 6.07) is 4.89. The van der Waals surface area contributed by atoms with E-state index in [4.69, 9.17) is 5.26 Å². The van der Waals surface area contributed by atoms with Gasteiger partial charge in [0.25, 0.3) is 0 Å². The predicted octanol–water partition coefficient (Wildman–Crippen LogP) is 2.87. The molecule has 0 bridgehead atoms. The molecule has 13 heavy (non-hydrogen) atoms. The highest BCUT2D eigenvalue weighted by molar-refractivity contribution is 7.80. The summed E-state index contributed by atoms with van der Waals surface area (Å²) in [6.45, 7) is 0. The number of hydrogen-bond donors (Lipinski definition) is 1. The van der Waals surface area contributed by atoms with Crippen molar-refractivity contribution in [1.82, 2.24) is 0 Å². The van der Waals surface area contributed by atoms with Crippen molar-refractivity contribution in [2.75, 3.05) is 0 Å². The van der Waals surface area contributed by atoms with Gasteiger partial charge in [-0.05, 0) is 12.1 Å². The molecule has 0 aliphatic carbocycles. The first-order valence-electron chi connectivity index (χ1n) is 3.26. The third-order valence-corrected chi connectivity index (χ3v) is 1.83. The Hall–Kier alpha value is -1.15. The molecule has 1 aromatic carbocycles. The molecule has 0 heterocycles. The first-order valence-corrected chi connectivity index (χ1v) is 3.71. The van der Waals surface area contributed by atoms with Crippen LogP contribution in [0.2, 0.25) is 0 Å². The maximum Gasteiger partial charge on any atom is 0.417 e. The van der Waals surface area contributed by atoms with Gasteiger partial charge in [-0.15, -0.1) is 12.6 Å². The molecule has 0 atom stereocenters. The monoisotopic (exact) mass is 203 g/mol. The highest BCUT2D eigenvalue weighted by Gasteiger charge is 2.33. The lowest BCUT2D eigenvalue weighted by molar-refractivity contribution is -0.137. The van der Waals surface area contributed by atoms with E-state index < -0.39 is 17.3 Å². The van der Waals surface area contributed by atoms with Crippen LogP contribution in [0.5, 0.6) is 0 Å². The Labute approximate surface area is 78.2 Å². The van der Waals surface area contributed by atoms with Crippen LogP contribution in [0.25, 0.3) is 0 Å². The second-order valence-electron chi connectivity index (χ2n) is 2.31. The second kappa shape index (κ2) is 3.30. The molecule has 0 spiro atoms. The lowest BCUT2D eigenvalue weighted by Crippen LogP contribution is -2.07. The average molecular weight is 203 g/mol. The van der Waals surface area contributed by atoms with Crippen LogP contribution in [0.15, 0.2) is 23.1 Å². The van der Waals surface area contributed by atoms with E-state index in [1.807, 2.05) is 0 Å². The zero-order chi connectivity index (χ0) is 10.1. The molecule has 0 aliphatic heterocycles. The normalized spacial score (nSPS) is 11.0. The zero-order valence-electron chi connectivity index (χ0n) is 6.26. The highest BCUT2D eigenvalue weighted by atomic mass is 32.1. The third-order valence-electron chi connectivity index (χ3n) is 1.46. The number of rotatable bonds is 0. The molecule has 5 heteroatoms.